The van der Waals surface area contributed by atoms with Gasteiger partial charge in [-0.05, 0) is 25.0 Å². The minimum atomic E-state index is 0.218. The largest absolute Gasteiger partial charge is 0.352 e. The van der Waals surface area contributed by atoms with Gasteiger partial charge in [-0.3, -0.25) is 4.99 Å². The van der Waals surface area contributed by atoms with Crippen molar-refractivity contribution in [2.24, 2.45) is 4.99 Å². The normalized spacial score (nSPS) is 12.8. The maximum Gasteiger partial charge on any atom is 0.191 e. The highest BCUT2D eigenvalue weighted by Crippen LogP contribution is 2.10. The van der Waals surface area contributed by atoms with Crippen LogP contribution in [0.15, 0.2) is 59.6 Å². The Hall–Kier alpha value is -2.29. The maximum absolute atomic E-state index is 4.28. The molecule has 0 aliphatic heterocycles. The van der Waals surface area contributed by atoms with E-state index in [1.54, 1.807) is 7.05 Å². The Bertz CT molecular complexity index is 573. The van der Waals surface area contributed by atoms with Crippen molar-refractivity contribution in [3.05, 3.63) is 71.3 Å². The van der Waals surface area contributed by atoms with Crippen LogP contribution in [0.2, 0.25) is 0 Å². The molecule has 2 N–H and O–H groups in total. The van der Waals surface area contributed by atoms with Gasteiger partial charge in [-0.1, -0.05) is 60.2 Å². The average molecular weight is 281 g/mol. The first-order chi connectivity index (χ1) is 10.2. The summed E-state index contributed by atoms with van der Waals surface area (Å²) in [7, 11) is 1.79. The second-order valence-corrected chi connectivity index (χ2v) is 5.19. The SMILES string of the molecule is CN=C(NCc1ccc(C)cc1)NC(C)c1ccccc1. The Labute approximate surface area is 127 Å². The molecule has 2 aromatic carbocycles. The van der Waals surface area contributed by atoms with Gasteiger partial charge in [0, 0.05) is 13.6 Å². The van der Waals surface area contributed by atoms with Gasteiger partial charge in [0.05, 0.1) is 6.04 Å². The zero-order valence-electron chi connectivity index (χ0n) is 12.9. The standard InChI is InChI=1S/C18H23N3/c1-14-9-11-16(12-10-14)13-20-18(19-3)21-15(2)17-7-5-4-6-8-17/h4-12,15H,13H2,1-3H3,(H2,19,20,21). The molecule has 0 heterocycles. The van der Waals surface area contributed by atoms with Gasteiger partial charge in [-0.15, -0.1) is 0 Å². The van der Waals surface area contributed by atoms with E-state index in [0.717, 1.165) is 12.5 Å². The zero-order chi connectivity index (χ0) is 15.1. The topological polar surface area (TPSA) is 36.4 Å². The van der Waals surface area contributed by atoms with Crippen molar-refractivity contribution in [3.8, 4) is 0 Å². The number of nitrogens with one attached hydrogen (secondary N) is 2. The molecule has 110 valence electrons. The van der Waals surface area contributed by atoms with Crippen molar-refractivity contribution in [2.75, 3.05) is 7.05 Å². The first kappa shape index (κ1) is 15.1. The Kier molecular flexibility index (Phi) is 5.38. The van der Waals surface area contributed by atoms with E-state index < -0.39 is 0 Å². The van der Waals surface area contributed by atoms with Crippen molar-refractivity contribution in [1.29, 1.82) is 0 Å². The number of aliphatic imine (C=N–C) groups is 1. The first-order valence-corrected chi connectivity index (χ1v) is 7.26. The lowest BCUT2D eigenvalue weighted by Gasteiger charge is -2.18. The lowest BCUT2D eigenvalue weighted by Crippen LogP contribution is -2.38. The Morgan fingerprint density at radius 3 is 2.33 bits per heavy atom. The summed E-state index contributed by atoms with van der Waals surface area (Å²) in [6, 6.07) is 19.1. The molecule has 2 aromatic rings. The summed E-state index contributed by atoms with van der Waals surface area (Å²) in [6.45, 7) is 4.99. The number of hydrogen-bond acceptors (Lipinski definition) is 1. The van der Waals surface area contributed by atoms with Gasteiger partial charge in [-0.25, -0.2) is 0 Å². The molecule has 0 spiro atoms. The van der Waals surface area contributed by atoms with E-state index in [-0.39, 0.29) is 6.04 Å². The van der Waals surface area contributed by atoms with Crippen LogP contribution in [-0.4, -0.2) is 13.0 Å². The fourth-order valence-electron chi connectivity index (χ4n) is 2.12. The zero-order valence-corrected chi connectivity index (χ0v) is 12.9. The highest BCUT2D eigenvalue weighted by Gasteiger charge is 2.06. The maximum atomic E-state index is 4.28. The van der Waals surface area contributed by atoms with Crippen LogP contribution in [0.3, 0.4) is 0 Å². The van der Waals surface area contributed by atoms with E-state index in [1.807, 2.05) is 6.07 Å². The van der Waals surface area contributed by atoms with Crippen LogP contribution in [0, 0.1) is 6.92 Å². The predicted molar refractivity (Wildman–Crippen MR) is 89.4 cm³/mol. The van der Waals surface area contributed by atoms with E-state index in [0.29, 0.717) is 0 Å². The summed E-state index contributed by atoms with van der Waals surface area (Å²) in [5, 5.41) is 6.75. The molecule has 0 aromatic heterocycles. The molecule has 0 amide bonds. The summed E-state index contributed by atoms with van der Waals surface area (Å²) in [5.74, 6) is 0.812. The third-order valence-corrected chi connectivity index (χ3v) is 3.46. The van der Waals surface area contributed by atoms with E-state index in [1.165, 1.54) is 16.7 Å². The van der Waals surface area contributed by atoms with Gasteiger partial charge >= 0.3 is 0 Å². The van der Waals surface area contributed by atoms with Crippen molar-refractivity contribution in [3.63, 3.8) is 0 Å². The van der Waals surface area contributed by atoms with Gasteiger partial charge in [0.25, 0.3) is 0 Å². The van der Waals surface area contributed by atoms with Crippen LogP contribution in [0.1, 0.15) is 29.7 Å². The van der Waals surface area contributed by atoms with Gasteiger partial charge in [0.15, 0.2) is 5.96 Å². The summed E-state index contributed by atoms with van der Waals surface area (Å²) in [5.41, 5.74) is 3.77. The molecule has 3 nitrogen and oxygen atoms in total. The minimum Gasteiger partial charge on any atom is -0.352 e. The number of hydrogen-bond donors (Lipinski definition) is 2. The van der Waals surface area contributed by atoms with E-state index >= 15 is 0 Å². The summed E-state index contributed by atoms with van der Waals surface area (Å²) < 4.78 is 0. The second-order valence-electron chi connectivity index (χ2n) is 5.19. The molecule has 0 aliphatic carbocycles. The smallest absolute Gasteiger partial charge is 0.191 e. The molecule has 0 saturated carbocycles. The Morgan fingerprint density at radius 1 is 1.05 bits per heavy atom. The van der Waals surface area contributed by atoms with Crippen LogP contribution in [0.25, 0.3) is 0 Å². The van der Waals surface area contributed by atoms with E-state index in [9.17, 15) is 0 Å². The lowest BCUT2D eigenvalue weighted by molar-refractivity contribution is 0.685. The number of rotatable bonds is 4. The molecule has 3 heteroatoms. The quantitative estimate of drug-likeness (QED) is 0.665. The average Bonchev–Trinajstić information content (AvgIpc) is 2.53. The Morgan fingerprint density at radius 2 is 1.71 bits per heavy atom. The highest BCUT2D eigenvalue weighted by molar-refractivity contribution is 5.80. The van der Waals surface area contributed by atoms with Crippen molar-refractivity contribution in [1.82, 2.24) is 10.6 Å². The van der Waals surface area contributed by atoms with Crippen LogP contribution in [0.4, 0.5) is 0 Å². The van der Waals surface area contributed by atoms with Crippen molar-refractivity contribution in [2.45, 2.75) is 26.4 Å². The summed E-state index contributed by atoms with van der Waals surface area (Å²) >= 11 is 0. The van der Waals surface area contributed by atoms with E-state index in [4.69, 9.17) is 0 Å². The van der Waals surface area contributed by atoms with E-state index in [2.05, 4.69) is 78.0 Å². The van der Waals surface area contributed by atoms with Gasteiger partial charge < -0.3 is 10.6 Å². The second kappa shape index (κ2) is 7.48. The molecule has 21 heavy (non-hydrogen) atoms. The molecule has 0 saturated heterocycles. The summed E-state index contributed by atoms with van der Waals surface area (Å²) in [4.78, 5) is 4.28. The number of guanidine groups is 1. The Balaban J connectivity index is 1.90. The number of nitrogens with zero attached hydrogens (tertiary/aromatic N) is 1. The number of benzene rings is 2. The molecule has 2 rings (SSSR count). The fraction of sp³-hybridized carbons (Fsp3) is 0.278. The fourth-order valence-corrected chi connectivity index (χ4v) is 2.12. The first-order valence-electron chi connectivity index (χ1n) is 7.26. The van der Waals surface area contributed by atoms with Crippen LogP contribution >= 0.6 is 0 Å². The monoisotopic (exact) mass is 281 g/mol. The highest BCUT2D eigenvalue weighted by atomic mass is 15.2. The predicted octanol–water partition coefficient (Wildman–Crippen LogP) is 3.42. The van der Waals surface area contributed by atoms with Crippen LogP contribution in [-0.2, 0) is 6.54 Å². The van der Waals surface area contributed by atoms with Gasteiger partial charge in [0.1, 0.15) is 0 Å². The molecule has 0 fully saturated rings. The molecule has 0 radical (unpaired) electrons. The van der Waals surface area contributed by atoms with Gasteiger partial charge in [-0.2, -0.15) is 0 Å². The molecule has 1 atom stereocenters. The molecular weight excluding hydrogens is 258 g/mol. The molecular formula is C18H23N3. The lowest BCUT2D eigenvalue weighted by atomic mass is 10.1. The van der Waals surface area contributed by atoms with Crippen LogP contribution < -0.4 is 10.6 Å². The molecule has 1 unspecified atom stereocenters. The third-order valence-electron chi connectivity index (χ3n) is 3.46. The third kappa shape index (κ3) is 4.63. The van der Waals surface area contributed by atoms with Crippen molar-refractivity contribution < 1.29 is 0 Å². The molecule has 0 aliphatic rings. The number of aryl methyl sites for hydroxylation is 1. The van der Waals surface area contributed by atoms with Crippen molar-refractivity contribution >= 4 is 5.96 Å². The minimum absolute atomic E-state index is 0.218. The molecule has 0 bridgehead atoms. The van der Waals surface area contributed by atoms with Gasteiger partial charge in [0.2, 0.25) is 0 Å². The summed E-state index contributed by atoms with van der Waals surface area (Å²) in [6.07, 6.45) is 0. The van der Waals surface area contributed by atoms with Crippen LogP contribution in [0.5, 0.6) is 0 Å².